The van der Waals surface area contributed by atoms with E-state index in [0.717, 1.165) is 44.8 Å². The van der Waals surface area contributed by atoms with Crippen molar-refractivity contribution >= 4 is 34.3 Å². The number of anilines is 2. The van der Waals surface area contributed by atoms with Crippen molar-refractivity contribution in [3.05, 3.63) is 192 Å². The molecule has 0 spiro atoms. The first kappa shape index (κ1) is 29.3. The van der Waals surface area contributed by atoms with Crippen molar-refractivity contribution in [3.63, 3.8) is 0 Å². The van der Waals surface area contributed by atoms with E-state index in [0.29, 0.717) is 11.9 Å². The predicted molar refractivity (Wildman–Crippen MR) is 189 cm³/mol. The van der Waals surface area contributed by atoms with Crippen molar-refractivity contribution in [3.8, 4) is 5.95 Å². The topological polar surface area (TPSA) is 97.2 Å². The molecule has 0 fully saturated rings. The largest absolute Gasteiger partial charge is 0.348 e. The molecular weight excluding hydrogens is 616 g/mol. The van der Waals surface area contributed by atoms with Gasteiger partial charge in [-0.25, -0.2) is 19.9 Å². The first-order valence-electron chi connectivity index (χ1n) is 15.6. The molecule has 8 rings (SSSR count). The van der Waals surface area contributed by atoms with Gasteiger partial charge in [0.1, 0.15) is 12.2 Å². The summed E-state index contributed by atoms with van der Waals surface area (Å²) in [4.78, 5) is 26.4. The lowest BCUT2D eigenvalue weighted by atomic mass is 9.59. The fourth-order valence-corrected chi connectivity index (χ4v) is 6.98. The van der Waals surface area contributed by atoms with Gasteiger partial charge in [-0.3, -0.25) is 4.57 Å². The molecule has 5 aromatic carbocycles. The fourth-order valence-electron chi connectivity index (χ4n) is 6.72. The predicted octanol–water partition coefficient (Wildman–Crippen LogP) is 8.50. The zero-order valence-electron chi connectivity index (χ0n) is 25.6. The Hall–Kier alpha value is -6.12. The highest BCUT2D eigenvalue weighted by Crippen LogP contribution is 2.52. The molecule has 2 N–H and O–H groups in total. The molecule has 0 amide bonds. The first-order chi connectivity index (χ1) is 23.7. The first-order valence-corrected chi connectivity index (χ1v) is 15.9. The van der Waals surface area contributed by atoms with Gasteiger partial charge in [0.25, 0.3) is 0 Å². The van der Waals surface area contributed by atoms with Crippen LogP contribution in [-0.4, -0.2) is 34.5 Å². The third-order valence-electron chi connectivity index (χ3n) is 8.67. The monoisotopic (exact) mass is 644 g/mol. The van der Waals surface area contributed by atoms with Crippen LogP contribution in [0.5, 0.6) is 0 Å². The van der Waals surface area contributed by atoms with Gasteiger partial charge in [0.05, 0.1) is 22.4 Å². The summed E-state index contributed by atoms with van der Waals surface area (Å²) in [7, 11) is 0. The van der Waals surface area contributed by atoms with E-state index in [2.05, 4.69) is 128 Å². The van der Waals surface area contributed by atoms with Crippen LogP contribution in [0.4, 0.5) is 11.6 Å². The van der Waals surface area contributed by atoms with E-state index in [4.69, 9.17) is 21.6 Å². The Labute approximate surface area is 282 Å². The zero-order valence-corrected chi connectivity index (χ0v) is 26.4. The van der Waals surface area contributed by atoms with Crippen LogP contribution in [0, 0.1) is 0 Å². The number of aromatic nitrogens is 7. The average molecular weight is 645 g/mol. The SMILES string of the molecule is Clc1nc2ccccc2n1-c1ncnc(Nc2cccc(C(c3ncc[nH]3)C(c3ccccc3)(c3ccccc3)c3ccccc3)c2)n1. The lowest BCUT2D eigenvalue weighted by Crippen LogP contribution is -2.38. The number of nitrogens with zero attached hydrogens (tertiary/aromatic N) is 6. The number of hydrogen-bond acceptors (Lipinski definition) is 6. The summed E-state index contributed by atoms with van der Waals surface area (Å²) in [5.41, 5.74) is 6.21. The molecule has 8 aromatic rings. The molecule has 1 unspecified atom stereocenters. The highest BCUT2D eigenvalue weighted by atomic mass is 35.5. The maximum Gasteiger partial charge on any atom is 0.241 e. The third-order valence-corrected chi connectivity index (χ3v) is 8.92. The smallest absolute Gasteiger partial charge is 0.241 e. The molecule has 0 saturated heterocycles. The van der Waals surface area contributed by atoms with E-state index < -0.39 is 5.41 Å². The number of aromatic amines is 1. The second kappa shape index (κ2) is 12.6. The minimum absolute atomic E-state index is 0.258. The Kier molecular flexibility index (Phi) is 7.68. The van der Waals surface area contributed by atoms with Gasteiger partial charge >= 0.3 is 0 Å². The van der Waals surface area contributed by atoms with Crippen molar-refractivity contribution in [2.45, 2.75) is 11.3 Å². The maximum atomic E-state index is 6.54. The lowest BCUT2D eigenvalue weighted by molar-refractivity contribution is 0.519. The fraction of sp³-hybridized carbons (Fsp3) is 0.0513. The van der Waals surface area contributed by atoms with Crippen molar-refractivity contribution in [1.82, 2.24) is 34.5 Å². The number of H-pyrrole nitrogens is 1. The number of hydrogen-bond donors (Lipinski definition) is 2. The Balaban J connectivity index is 1.28. The van der Waals surface area contributed by atoms with E-state index in [9.17, 15) is 0 Å². The normalized spacial score (nSPS) is 12.2. The molecule has 1 atom stereocenters. The van der Waals surface area contributed by atoms with Crippen molar-refractivity contribution in [2.75, 3.05) is 5.32 Å². The van der Waals surface area contributed by atoms with Crippen LogP contribution in [0.2, 0.25) is 5.28 Å². The molecule has 48 heavy (non-hydrogen) atoms. The summed E-state index contributed by atoms with van der Waals surface area (Å²) in [5.74, 6) is 1.33. The molecule has 0 aliphatic carbocycles. The lowest BCUT2D eigenvalue weighted by Gasteiger charge is -2.42. The van der Waals surface area contributed by atoms with Gasteiger partial charge < -0.3 is 10.3 Å². The summed E-state index contributed by atoms with van der Waals surface area (Å²) in [5, 5.41) is 3.69. The van der Waals surface area contributed by atoms with E-state index in [1.807, 2.05) is 48.8 Å². The summed E-state index contributed by atoms with van der Waals surface area (Å²) in [6, 6.07) is 48.0. The number of halogens is 1. The minimum atomic E-state index is -0.653. The van der Waals surface area contributed by atoms with Crippen LogP contribution in [0.1, 0.15) is 34.0 Å². The Morgan fingerprint density at radius 2 is 1.31 bits per heavy atom. The van der Waals surface area contributed by atoms with E-state index in [1.54, 1.807) is 4.57 Å². The Morgan fingerprint density at radius 1 is 0.667 bits per heavy atom. The Bertz CT molecular complexity index is 2190. The van der Waals surface area contributed by atoms with Crippen LogP contribution < -0.4 is 5.32 Å². The van der Waals surface area contributed by atoms with Crippen LogP contribution in [0.25, 0.3) is 17.0 Å². The molecule has 0 radical (unpaired) electrons. The number of para-hydroxylation sites is 2. The third kappa shape index (κ3) is 5.18. The van der Waals surface area contributed by atoms with Crippen molar-refractivity contribution in [1.29, 1.82) is 0 Å². The molecule has 0 aliphatic rings. The number of fused-ring (bicyclic) bond motifs is 1. The van der Waals surface area contributed by atoms with Crippen LogP contribution in [-0.2, 0) is 5.41 Å². The van der Waals surface area contributed by atoms with Crippen molar-refractivity contribution in [2.24, 2.45) is 0 Å². The molecule has 0 aliphatic heterocycles. The number of nitrogens with one attached hydrogen (secondary N) is 2. The summed E-state index contributed by atoms with van der Waals surface area (Å²) >= 11 is 6.54. The molecule has 3 aromatic heterocycles. The molecule has 0 saturated carbocycles. The van der Waals surface area contributed by atoms with Gasteiger partial charge in [-0.15, -0.1) is 0 Å². The number of rotatable bonds is 9. The van der Waals surface area contributed by atoms with Crippen LogP contribution in [0.3, 0.4) is 0 Å². The second-order valence-corrected chi connectivity index (χ2v) is 11.7. The average Bonchev–Trinajstić information content (AvgIpc) is 3.79. The zero-order chi connectivity index (χ0) is 32.3. The summed E-state index contributed by atoms with van der Waals surface area (Å²) in [6.07, 6.45) is 5.16. The molecule has 0 bridgehead atoms. The summed E-state index contributed by atoms with van der Waals surface area (Å²) < 4.78 is 1.71. The van der Waals surface area contributed by atoms with Crippen LogP contribution in [0.15, 0.2) is 158 Å². The van der Waals surface area contributed by atoms with Crippen molar-refractivity contribution < 1.29 is 0 Å². The van der Waals surface area contributed by atoms with Gasteiger partial charge in [-0.1, -0.05) is 115 Å². The van der Waals surface area contributed by atoms with E-state index in [1.165, 1.54) is 6.33 Å². The van der Waals surface area contributed by atoms with E-state index in [-0.39, 0.29) is 11.2 Å². The molecular formula is C39H29ClN8. The highest BCUT2D eigenvalue weighted by Gasteiger charge is 2.46. The highest BCUT2D eigenvalue weighted by molar-refractivity contribution is 6.29. The van der Waals surface area contributed by atoms with Gasteiger partial charge in [0, 0.05) is 18.1 Å². The quantitative estimate of drug-likeness (QED) is 0.153. The molecule has 232 valence electrons. The van der Waals surface area contributed by atoms with Gasteiger partial charge in [0.2, 0.25) is 17.2 Å². The molecule has 3 heterocycles. The van der Waals surface area contributed by atoms with Gasteiger partial charge in [0.15, 0.2) is 0 Å². The molecule has 8 nitrogen and oxygen atoms in total. The number of benzene rings is 5. The van der Waals surface area contributed by atoms with Gasteiger partial charge in [-0.05, 0) is 58.1 Å². The van der Waals surface area contributed by atoms with E-state index >= 15 is 0 Å². The summed E-state index contributed by atoms with van der Waals surface area (Å²) in [6.45, 7) is 0. The van der Waals surface area contributed by atoms with Crippen LogP contribution >= 0.6 is 11.6 Å². The minimum Gasteiger partial charge on any atom is -0.348 e. The number of imidazole rings is 2. The van der Waals surface area contributed by atoms with Gasteiger partial charge in [-0.2, -0.15) is 4.98 Å². The maximum absolute atomic E-state index is 6.54. The standard InChI is InChI=1S/C39H29ClN8/c40-36-46-32-21-10-11-22-33(32)48(36)38-44-26-43-37(47-38)45-31-20-12-13-27(25-31)34(35-41-23-24-42-35)39(28-14-4-1-5-15-28,29-16-6-2-7-17-29)30-18-8-3-9-19-30/h1-26,34H,(H,41,42)(H,43,44,45,47). The Morgan fingerprint density at radius 3 is 1.96 bits per heavy atom. The second-order valence-electron chi connectivity index (χ2n) is 11.4. The molecule has 9 heteroatoms.